The second-order valence-corrected chi connectivity index (χ2v) is 9.53. The maximum absolute atomic E-state index is 10.5. The van der Waals surface area contributed by atoms with Crippen molar-refractivity contribution in [3.8, 4) is 0 Å². The average molecular weight is 345 g/mol. The summed E-state index contributed by atoms with van der Waals surface area (Å²) in [6, 6.07) is 0. The molecule has 22 heavy (non-hydrogen) atoms. The van der Waals surface area contributed by atoms with Gasteiger partial charge >= 0.3 is 5.97 Å². The lowest BCUT2D eigenvalue weighted by Crippen LogP contribution is -2.29. The van der Waals surface area contributed by atoms with Crippen molar-refractivity contribution in [1.29, 1.82) is 0 Å². The van der Waals surface area contributed by atoms with Crippen LogP contribution in [0.3, 0.4) is 0 Å². The predicted molar refractivity (Wildman–Crippen MR) is 99.0 cm³/mol. The molecule has 2 heterocycles. The summed E-state index contributed by atoms with van der Waals surface area (Å²) < 4.78 is 0. The van der Waals surface area contributed by atoms with Crippen LogP contribution in [0.15, 0.2) is 0 Å². The number of fused-ring (bicyclic) bond motifs is 2. The molecule has 0 amide bonds. The largest absolute Gasteiger partial charge is 0.481 e. The lowest BCUT2D eigenvalue weighted by Gasteiger charge is -2.29. The molecule has 2 nitrogen and oxygen atoms in total. The van der Waals surface area contributed by atoms with E-state index in [0.29, 0.717) is 6.42 Å². The van der Waals surface area contributed by atoms with Gasteiger partial charge in [-0.15, -0.1) is 0 Å². The Bertz CT molecular complexity index is 335. The Balaban J connectivity index is 1.63. The SMILES string of the molecule is CCCCSC[C@H]1[C@@H](CCCCCCC(=O)O)[C@H]2CC[C@@H]1S2. The molecule has 0 aromatic rings. The minimum Gasteiger partial charge on any atom is -0.481 e. The summed E-state index contributed by atoms with van der Waals surface area (Å²) in [6.07, 6.45) is 11.8. The summed E-state index contributed by atoms with van der Waals surface area (Å²) in [7, 11) is 0. The van der Waals surface area contributed by atoms with Crippen LogP contribution < -0.4 is 0 Å². The third-order valence-corrected chi connectivity index (χ3v) is 8.29. The van der Waals surface area contributed by atoms with Crippen LogP contribution in [0.25, 0.3) is 0 Å². The van der Waals surface area contributed by atoms with Gasteiger partial charge in [-0.1, -0.05) is 32.6 Å². The summed E-state index contributed by atoms with van der Waals surface area (Å²) in [6.45, 7) is 2.28. The molecule has 0 radical (unpaired) electrons. The third-order valence-electron chi connectivity index (χ3n) is 5.22. The molecule has 0 saturated carbocycles. The highest BCUT2D eigenvalue weighted by molar-refractivity contribution is 8.01. The summed E-state index contributed by atoms with van der Waals surface area (Å²) in [4.78, 5) is 10.5. The first kappa shape index (κ1) is 18.5. The zero-order valence-corrected chi connectivity index (χ0v) is 15.6. The van der Waals surface area contributed by atoms with Crippen LogP contribution in [-0.4, -0.2) is 33.1 Å². The van der Waals surface area contributed by atoms with E-state index in [9.17, 15) is 4.79 Å². The number of carboxylic acid groups (broad SMARTS) is 1. The maximum atomic E-state index is 10.5. The molecule has 2 aliphatic rings. The van der Waals surface area contributed by atoms with E-state index < -0.39 is 5.97 Å². The van der Waals surface area contributed by atoms with Crippen LogP contribution >= 0.6 is 23.5 Å². The first-order valence-corrected chi connectivity index (χ1v) is 11.3. The number of thioether (sulfide) groups is 2. The number of hydrogen-bond donors (Lipinski definition) is 1. The van der Waals surface area contributed by atoms with Gasteiger partial charge < -0.3 is 5.11 Å². The van der Waals surface area contributed by atoms with E-state index in [1.54, 1.807) is 0 Å². The summed E-state index contributed by atoms with van der Waals surface area (Å²) in [5.41, 5.74) is 0. The minimum atomic E-state index is -0.645. The van der Waals surface area contributed by atoms with Crippen molar-refractivity contribution < 1.29 is 9.90 Å². The Labute approximate surface area is 144 Å². The van der Waals surface area contributed by atoms with E-state index in [0.717, 1.165) is 35.2 Å². The number of hydrogen-bond acceptors (Lipinski definition) is 3. The Morgan fingerprint density at radius 3 is 2.55 bits per heavy atom. The Morgan fingerprint density at radius 2 is 1.82 bits per heavy atom. The monoisotopic (exact) mass is 344 g/mol. The topological polar surface area (TPSA) is 37.3 Å². The van der Waals surface area contributed by atoms with Crippen molar-refractivity contribution in [3.05, 3.63) is 0 Å². The molecule has 2 bridgehead atoms. The van der Waals surface area contributed by atoms with Crippen LogP contribution in [0.4, 0.5) is 0 Å². The zero-order valence-electron chi connectivity index (χ0n) is 14.0. The zero-order chi connectivity index (χ0) is 15.8. The van der Waals surface area contributed by atoms with Crippen molar-refractivity contribution >= 4 is 29.5 Å². The Morgan fingerprint density at radius 1 is 1.09 bits per heavy atom. The van der Waals surface area contributed by atoms with Crippen LogP contribution in [-0.2, 0) is 4.79 Å². The molecule has 0 aromatic heterocycles. The quantitative estimate of drug-likeness (QED) is 0.477. The lowest BCUT2D eigenvalue weighted by atomic mass is 9.77. The fraction of sp³-hybridized carbons (Fsp3) is 0.944. The minimum absolute atomic E-state index is 0.348. The van der Waals surface area contributed by atoms with Crippen molar-refractivity contribution in [2.24, 2.45) is 11.8 Å². The second-order valence-electron chi connectivity index (χ2n) is 6.89. The first-order valence-electron chi connectivity index (χ1n) is 9.17. The molecule has 4 atom stereocenters. The van der Waals surface area contributed by atoms with E-state index in [4.69, 9.17) is 5.11 Å². The predicted octanol–water partition coefficient (Wildman–Crippen LogP) is 5.46. The van der Waals surface area contributed by atoms with Crippen molar-refractivity contribution in [3.63, 3.8) is 0 Å². The normalized spacial score (nSPS) is 30.0. The van der Waals surface area contributed by atoms with Crippen LogP contribution in [0.1, 0.15) is 71.1 Å². The van der Waals surface area contributed by atoms with Gasteiger partial charge in [-0.25, -0.2) is 0 Å². The van der Waals surface area contributed by atoms with Gasteiger partial charge in [0.25, 0.3) is 0 Å². The molecule has 0 aliphatic carbocycles. The van der Waals surface area contributed by atoms with Crippen molar-refractivity contribution in [2.75, 3.05) is 11.5 Å². The molecule has 2 fully saturated rings. The summed E-state index contributed by atoms with van der Waals surface area (Å²) in [5, 5.41) is 10.6. The fourth-order valence-corrected chi connectivity index (χ4v) is 7.54. The molecule has 4 heteroatoms. The molecule has 0 spiro atoms. The fourth-order valence-electron chi connectivity index (χ4n) is 3.98. The summed E-state index contributed by atoms with van der Waals surface area (Å²) in [5.74, 6) is 4.00. The molecule has 1 N–H and O–H groups in total. The van der Waals surface area contributed by atoms with Gasteiger partial charge in [0.15, 0.2) is 0 Å². The number of aliphatic carboxylic acids is 1. The molecule has 0 aromatic carbocycles. The van der Waals surface area contributed by atoms with Gasteiger partial charge in [0, 0.05) is 16.9 Å². The highest BCUT2D eigenvalue weighted by Gasteiger charge is 2.47. The molecule has 2 rings (SSSR count). The van der Waals surface area contributed by atoms with E-state index in [1.807, 2.05) is 0 Å². The van der Waals surface area contributed by atoms with E-state index in [-0.39, 0.29) is 0 Å². The Kier molecular flexibility index (Phi) is 8.52. The molecule has 2 aliphatic heterocycles. The molecular formula is C18H32O2S2. The van der Waals surface area contributed by atoms with Crippen molar-refractivity contribution in [1.82, 2.24) is 0 Å². The highest BCUT2D eigenvalue weighted by Crippen LogP contribution is 2.55. The number of carboxylic acids is 1. The van der Waals surface area contributed by atoms with Crippen LogP contribution in [0.2, 0.25) is 0 Å². The Hall–Kier alpha value is 0.170. The third kappa shape index (κ3) is 5.67. The van der Waals surface area contributed by atoms with E-state index in [2.05, 4.69) is 30.4 Å². The molecular weight excluding hydrogens is 312 g/mol. The van der Waals surface area contributed by atoms with E-state index in [1.165, 1.54) is 56.5 Å². The van der Waals surface area contributed by atoms with Crippen molar-refractivity contribution in [2.45, 2.75) is 81.6 Å². The maximum Gasteiger partial charge on any atom is 0.303 e. The van der Waals surface area contributed by atoms with Crippen LogP contribution in [0.5, 0.6) is 0 Å². The number of carbonyl (C=O) groups is 1. The molecule has 0 unspecified atom stereocenters. The van der Waals surface area contributed by atoms with Gasteiger partial charge in [-0.3, -0.25) is 4.79 Å². The summed E-state index contributed by atoms with van der Waals surface area (Å²) >= 11 is 4.48. The standard InChI is InChI=1S/C18H32O2S2/c1-2-3-12-21-13-15-14(16-10-11-17(15)22-16)8-6-4-5-7-9-18(19)20/h14-17H,2-13H2,1H3,(H,19,20)/t14-,15+,16-,17+/m1/s1. The number of unbranched alkanes of at least 4 members (excludes halogenated alkanes) is 4. The van der Waals surface area contributed by atoms with E-state index >= 15 is 0 Å². The van der Waals surface area contributed by atoms with Gasteiger partial charge in [0.05, 0.1) is 0 Å². The lowest BCUT2D eigenvalue weighted by molar-refractivity contribution is -0.137. The second kappa shape index (κ2) is 10.1. The van der Waals surface area contributed by atoms with Crippen LogP contribution in [0, 0.1) is 11.8 Å². The number of rotatable bonds is 12. The smallest absolute Gasteiger partial charge is 0.303 e. The molecule has 2 saturated heterocycles. The van der Waals surface area contributed by atoms with Gasteiger partial charge in [-0.2, -0.15) is 23.5 Å². The highest BCUT2D eigenvalue weighted by atomic mass is 32.2. The van der Waals surface area contributed by atoms with Gasteiger partial charge in [0.2, 0.25) is 0 Å². The first-order chi connectivity index (χ1) is 10.7. The van der Waals surface area contributed by atoms with Gasteiger partial charge in [0.1, 0.15) is 0 Å². The average Bonchev–Trinajstić information content (AvgIpc) is 3.08. The van der Waals surface area contributed by atoms with Gasteiger partial charge in [-0.05, 0) is 55.4 Å². The molecule has 128 valence electrons.